The first-order valence-electron chi connectivity index (χ1n) is 5.67. The predicted molar refractivity (Wildman–Crippen MR) is 74.3 cm³/mol. The highest BCUT2D eigenvalue weighted by atomic mass is 16.3. The van der Waals surface area contributed by atoms with Crippen LogP contribution in [-0.4, -0.2) is 24.3 Å². The van der Waals surface area contributed by atoms with Crippen LogP contribution in [0.2, 0.25) is 0 Å². The summed E-state index contributed by atoms with van der Waals surface area (Å²) >= 11 is 0. The van der Waals surface area contributed by atoms with E-state index in [4.69, 9.17) is 0 Å². The van der Waals surface area contributed by atoms with Crippen molar-refractivity contribution in [1.29, 1.82) is 0 Å². The van der Waals surface area contributed by atoms with Crippen molar-refractivity contribution in [3.8, 4) is 22.6 Å². The molecule has 0 fully saturated rings. The van der Waals surface area contributed by atoms with Crippen LogP contribution in [0, 0.1) is 0 Å². The van der Waals surface area contributed by atoms with Crippen molar-refractivity contribution in [2.75, 3.05) is 24.7 Å². The third-order valence-corrected chi connectivity index (χ3v) is 2.87. The van der Waals surface area contributed by atoms with Gasteiger partial charge in [0.05, 0.1) is 11.4 Å². The fraction of sp³-hybridized carbons (Fsp3) is 0.143. The lowest BCUT2D eigenvalue weighted by Crippen LogP contribution is -1.91. The normalized spacial score (nSPS) is 10.1. The van der Waals surface area contributed by atoms with Crippen molar-refractivity contribution in [3.05, 3.63) is 36.4 Å². The molecule has 0 saturated carbocycles. The number of rotatable bonds is 3. The number of hydrogen-bond donors (Lipinski definition) is 4. The van der Waals surface area contributed by atoms with Gasteiger partial charge in [0.15, 0.2) is 0 Å². The second kappa shape index (κ2) is 4.87. The van der Waals surface area contributed by atoms with E-state index in [1.165, 1.54) is 0 Å². The lowest BCUT2D eigenvalue weighted by molar-refractivity contribution is 0.477. The Labute approximate surface area is 106 Å². The number of aromatic hydroxyl groups is 2. The molecule has 0 aliphatic carbocycles. The Morgan fingerprint density at radius 2 is 1.11 bits per heavy atom. The van der Waals surface area contributed by atoms with Gasteiger partial charge in [-0.3, -0.25) is 0 Å². The molecule has 0 heterocycles. The molecule has 0 unspecified atom stereocenters. The van der Waals surface area contributed by atoms with E-state index in [-0.39, 0.29) is 11.5 Å². The van der Waals surface area contributed by atoms with Crippen molar-refractivity contribution < 1.29 is 10.2 Å². The molecule has 0 atom stereocenters. The van der Waals surface area contributed by atoms with Crippen molar-refractivity contribution in [2.45, 2.75) is 0 Å². The van der Waals surface area contributed by atoms with Gasteiger partial charge in [0, 0.05) is 14.1 Å². The Morgan fingerprint density at radius 3 is 1.44 bits per heavy atom. The number of hydrogen-bond acceptors (Lipinski definition) is 4. The molecule has 0 bridgehead atoms. The Bertz CT molecular complexity index is 516. The minimum atomic E-state index is 0.217. The zero-order valence-electron chi connectivity index (χ0n) is 10.4. The fourth-order valence-corrected chi connectivity index (χ4v) is 1.83. The number of phenols is 2. The molecular weight excluding hydrogens is 228 g/mol. The highest BCUT2D eigenvalue weighted by Crippen LogP contribution is 2.33. The molecule has 2 rings (SSSR count). The van der Waals surface area contributed by atoms with Crippen LogP contribution >= 0.6 is 0 Å². The summed E-state index contributed by atoms with van der Waals surface area (Å²) in [6.45, 7) is 0. The summed E-state index contributed by atoms with van der Waals surface area (Å²) in [6.07, 6.45) is 0. The van der Waals surface area contributed by atoms with E-state index in [2.05, 4.69) is 10.6 Å². The summed E-state index contributed by atoms with van der Waals surface area (Å²) < 4.78 is 0. The van der Waals surface area contributed by atoms with Gasteiger partial charge in [0.2, 0.25) is 0 Å². The van der Waals surface area contributed by atoms with Crippen LogP contribution in [0.3, 0.4) is 0 Å². The standard InChI is InChI=1S/C14H16N2O2/c1-15-11-7-9(3-5-13(11)17)10-4-6-14(18)12(8-10)16-2/h3-8,15-18H,1-2H3. The van der Waals surface area contributed by atoms with E-state index >= 15 is 0 Å². The molecule has 0 aliphatic rings. The highest BCUT2D eigenvalue weighted by Gasteiger charge is 2.06. The maximum absolute atomic E-state index is 9.61. The summed E-state index contributed by atoms with van der Waals surface area (Å²) in [5, 5.41) is 25.1. The average molecular weight is 244 g/mol. The molecule has 0 spiro atoms. The van der Waals surface area contributed by atoms with Gasteiger partial charge in [-0.2, -0.15) is 0 Å². The van der Waals surface area contributed by atoms with Gasteiger partial charge in [-0.25, -0.2) is 0 Å². The minimum absolute atomic E-state index is 0.217. The molecule has 0 aliphatic heterocycles. The largest absolute Gasteiger partial charge is 0.506 e. The molecule has 0 amide bonds. The zero-order valence-corrected chi connectivity index (χ0v) is 10.4. The van der Waals surface area contributed by atoms with Crippen molar-refractivity contribution in [1.82, 2.24) is 0 Å². The molecular formula is C14H16N2O2. The van der Waals surface area contributed by atoms with Crippen LogP contribution in [0.25, 0.3) is 11.1 Å². The van der Waals surface area contributed by atoms with Crippen molar-refractivity contribution >= 4 is 11.4 Å². The summed E-state index contributed by atoms with van der Waals surface area (Å²) in [4.78, 5) is 0. The molecule has 94 valence electrons. The maximum Gasteiger partial charge on any atom is 0.138 e. The van der Waals surface area contributed by atoms with E-state index in [1.54, 1.807) is 26.2 Å². The quantitative estimate of drug-likeness (QED) is 0.627. The molecule has 0 aromatic heterocycles. The third-order valence-electron chi connectivity index (χ3n) is 2.87. The van der Waals surface area contributed by atoms with Crippen LogP contribution < -0.4 is 10.6 Å². The molecule has 4 N–H and O–H groups in total. The van der Waals surface area contributed by atoms with E-state index in [9.17, 15) is 10.2 Å². The van der Waals surface area contributed by atoms with Crippen LogP contribution in [0.4, 0.5) is 11.4 Å². The number of phenolic OH excluding ortho intramolecular Hbond substituents is 2. The molecule has 4 nitrogen and oxygen atoms in total. The van der Waals surface area contributed by atoms with E-state index in [0.717, 1.165) is 11.1 Å². The smallest absolute Gasteiger partial charge is 0.138 e. The Kier molecular flexibility index (Phi) is 3.28. The molecule has 0 radical (unpaired) electrons. The highest BCUT2D eigenvalue weighted by molar-refractivity contribution is 5.75. The summed E-state index contributed by atoms with van der Waals surface area (Å²) in [5.41, 5.74) is 3.28. The van der Waals surface area contributed by atoms with Gasteiger partial charge < -0.3 is 20.8 Å². The zero-order chi connectivity index (χ0) is 13.1. The van der Waals surface area contributed by atoms with Crippen LogP contribution in [0.15, 0.2) is 36.4 Å². The second-order valence-electron chi connectivity index (χ2n) is 3.96. The second-order valence-corrected chi connectivity index (χ2v) is 3.96. The molecule has 4 heteroatoms. The fourth-order valence-electron chi connectivity index (χ4n) is 1.83. The lowest BCUT2D eigenvalue weighted by atomic mass is 10.0. The first-order valence-corrected chi connectivity index (χ1v) is 5.67. The minimum Gasteiger partial charge on any atom is -0.506 e. The van der Waals surface area contributed by atoms with E-state index in [1.807, 2.05) is 24.3 Å². The van der Waals surface area contributed by atoms with Crippen molar-refractivity contribution in [2.24, 2.45) is 0 Å². The van der Waals surface area contributed by atoms with E-state index in [0.29, 0.717) is 11.4 Å². The predicted octanol–water partition coefficient (Wildman–Crippen LogP) is 2.85. The first kappa shape index (κ1) is 12.1. The number of benzene rings is 2. The molecule has 2 aromatic carbocycles. The van der Waals surface area contributed by atoms with Gasteiger partial charge in [-0.15, -0.1) is 0 Å². The third kappa shape index (κ3) is 2.18. The number of anilines is 2. The Balaban J connectivity index is 2.48. The summed E-state index contributed by atoms with van der Waals surface area (Å²) in [6, 6.07) is 10.7. The van der Waals surface area contributed by atoms with Gasteiger partial charge in [-0.1, -0.05) is 12.1 Å². The van der Waals surface area contributed by atoms with Crippen LogP contribution in [0.1, 0.15) is 0 Å². The SMILES string of the molecule is CNc1cc(-c2ccc(O)c(NC)c2)ccc1O. The van der Waals surface area contributed by atoms with Gasteiger partial charge >= 0.3 is 0 Å². The van der Waals surface area contributed by atoms with Crippen LogP contribution in [0.5, 0.6) is 11.5 Å². The Morgan fingerprint density at radius 1 is 0.722 bits per heavy atom. The summed E-state index contributed by atoms with van der Waals surface area (Å²) in [5.74, 6) is 0.433. The van der Waals surface area contributed by atoms with E-state index < -0.39 is 0 Å². The topological polar surface area (TPSA) is 64.5 Å². The molecule has 0 saturated heterocycles. The average Bonchev–Trinajstić information content (AvgIpc) is 2.40. The van der Waals surface area contributed by atoms with Gasteiger partial charge in [0.25, 0.3) is 0 Å². The lowest BCUT2D eigenvalue weighted by Gasteiger charge is -2.10. The summed E-state index contributed by atoms with van der Waals surface area (Å²) in [7, 11) is 3.52. The maximum atomic E-state index is 9.61. The first-order chi connectivity index (χ1) is 8.65. The monoisotopic (exact) mass is 244 g/mol. The number of nitrogens with one attached hydrogen (secondary N) is 2. The Hall–Kier alpha value is -2.36. The van der Waals surface area contributed by atoms with Gasteiger partial charge in [-0.05, 0) is 35.4 Å². The molecule has 2 aromatic rings. The van der Waals surface area contributed by atoms with Gasteiger partial charge in [0.1, 0.15) is 11.5 Å². The van der Waals surface area contributed by atoms with Crippen molar-refractivity contribution in [3.63, 3.8) is 0 Å². The van der Waals surface area contributed by atoms with Crippen LogP contribution in [-0.2, 0) is 0 Å². The molecule has 18 heavy (non-hydrogen) atoms.